The molecule has 1 unspecified atom stereocenters. The Morgan fingerprint density at radius 3 is 2.55 bits per heavy atom. The summed E-state index contributed by atoms with van der Waals surface area (Å²) in [5, 5.41) is 15.1. The molecule has 3 aromatic carbocycles. The van der Waals surface area contributed by atoms with E-state index in [-0.39, 0.29) is 6.03 Å². The van der Waals surface area contributed by atoms with Crippen LogP contribution in [-0.4, -0.2) is 26.5 Å². The van der Waals surface area contributed by atoms with Crippen molar-refractivity contribution in [1.82, 2.24) is 20.1 Å². The summed E-state index contributed by atoms with van der Waals surface area (Å²) in [6, 6.07) is 22.6. The second kappa shape index (κ2) is 8.52. The number of aromatic nitrogens is 3. The minimum Gasteiger partial charge on any atom is -0.309 e. The number of aliphatic imine (C=N–C) groups is 1. The number of fused-ring (bicyclic) bond motifs is 3. The number of amides is 2. The van der Waals surface area contributed by atoms with E-state index in [0.29, 0.717) is 22.4 Å². The standard InChI is InChI=1S/C25H21ClN6O/c1-15-6-5-7-19(14-15)27-25(33)29-23-24-31-30-16(2)32(24)21-9-4-3-8-20(21)22(28-23)17-10-12-18(26)13-11-17/h3-14,23H,1-2H3,(H2,27,29,33). The van der Waals surface area contributed by atoms with Crippen molar-refractivity contribution in [1.29, 1.82) is 0 Å². The first kappa shape index (κ1) is 20.9. The van der Waals surface area contributed by atoms with Gasteiger partial charge in [0.25, 0.3) is 0 Å². The Morgan fingerprint density at radius 1 is 0.970 bits per heavy atom. The molecule has 0 spiro atoms. The summed E-state index contributed by atoms with van der Waals surface area (Å²) in [4.78, 5) is 17.9. The van der Waals surface area contributed by atoms with Gasteiger partial charge in [-0.3, -0.25) is 9.56 Å². The van der Waals surface area contributed by atoms with E-state index in [0.717, 1.165) is 28.1 Å². The zero-order chi connectivity index (χ0) is 22.9. The maximum atomic E-state index is 12.9. The molecule has 1 aliphatic heterocycles. The fourth-order valence-electron chi connectivity index (χ4n) is 3.93. The van der Waals surface area contributed by atoms with Gasteiger partial charge in [0.1, 0.15) is 5.82 Å². The molecule has 0 saturated heterocycles. The van der Waals surface area contributed by atoms with E-state index in [4.69, 9.17) is 16.6 Å². The fourth-order valence-corrected chi connectivity index (χ4v) is 4.05. The number of aryl methyl sites for hydroxylation is 2. The van der Waals surface area contributed by atoms with E-state index < -0.39 is 6.17 Å². The molecule has 0 bridgehead atoms. The van der Waals surface area contributed by atoms with Gasteiger partial charge in [-0.05, 0) is 49.7 Å². The first-order valence-corrected chi connectivity index (χ1v) is 10.9. The van der Waals surface area contributed by atoms with Gasteiger partial charge in [-0.25, -0.2) is 4.79 Å². The van der Waals surface area contributed by atoms with Crippen LogP contribution < -0.4 is 10.6 Å². The van der Waals surface area contributed by atoms with E-state index >= 15 is 0 Å². The van der Waals surface area contributed by atoms with Crippen molar-refractivity contribution < 1.29 is 4.79 Å². The van der Waals surface area contributed by atoms with Crippen molar-refractivity contribution in [2.75, 3.05) is 5.32 Å². The smallest absolute Gasteiger partial charge is 0.309 e. The van der Waals surface area contributed by atoms with Crippen LogP contribution >= 0.6 is 11.6 Å². The quantitative estimate of drug-likeness (QED) is 0.444. The Morgan fingerprint density at radius 2 is 1.76 bits per heavy atom. The molecule has 2 amide bonds. The summed E-state index contributed by atoms with van der Waals surface area (Å²) in [5.41, 5.74) is 5.17. The minimum atomic E-state index is -0.755. The summed E-state index contributed by atoms with van der Waals surface area (Å²) >= 11 is 6.12. The Balaban J connectivity index is 1.59. The zero-order valence-electron chi connectivity index (χ0n) is 18.1. The zero-order valence-corrected chi connectivity index (χ0v) is 18.8. The molecule has 0 radical (unpaired) electrons. The van der Waals surface area contributed by atoms with E-state index in [2.05, 4.69) is 20.8 Å². The highest BCUT2D eigenvalue weighted by atomic mass is 35.5. The molecule has 1 aliphatic rings. The topological polar surface area (TPSA) is 84.2 Å². The number of nitrogens with zero attached hydrogens (tertiary/aromatic N) is 4. The van der Waals surface area contributed by atoms with Crippen LogP contribution in [0.25, 0.3) is 5.69 Å². The van der Waals surface area contributed by atoms with Gasteiger partial charge >= 0.3 is 6.03 Å². The van der Waals surface area contributed by atoms with Gasteiger partial charge in [0.2, 0.25) is 0 Å². The van der Waals surface area contributed by atoms with E-state index in [9.17, 15) is 4.79 Å². The molecule has 0 aliphatic carbocycles. The molecule has 1 aromatic heterocycles. The largest absolute Gasteiger partial charge is 0.321 e. The van der Waals surface area contributed by atoms with Crippen molar-refractivity contribution >= 4 is 29.0 Å². The molecule has 0 fully saturated rings. The second-order valence-electron chi connectivity index (χ2n) is 7.81. The molecule has 4 aromatic rings. The van der Waals surface area contributed by atoms with Crippen LogP contribution in [0.2, 0.25) is 5.02 Å². The molecule has 7 nitrogen and oxygen atoms in total. The highest BCUT2D eigenvalue weighted by molar-refractivity contribution is 6.30. The van der Waals surface area contributed by atoms with Gasteiger partial charge in [-0.1, -0.05) is 54.1 Å². The van der Waals surface area contributed by atoms with Crippen LogP contribution in [0.15, 0.2) is 77.8 Å². The number of nitrogens with one attached hydrogen (secondary N) is 2. The third-order valence-corrected chi connectivity index (χ3v) is 5.67. The van der Waals surface area contributed by atoms with Crippen molar-refractivity contribution in [2.45, 2.75) is 20.0 Å². The number of para-hydroxylation sites is 1. The van der Waals surface area contributed by atoms with Crippen molar-refractivity contribution in [3.8, 4) is 5.69 Å². The first-order valence-electron chi connectivity index (χ1n) is 10.5. The number of carbonyl (C=O) groups is 1. The number of anilines is 1. The van der Waals surface area contributed by atoms with Gasteiger partial charge in [0, 0.05) is 21.8 Å². The van der Waals surface area contributed by atoms with Gasteiger partial charge in [-0.2, -0.15) is 0 Å². The lowest BCUT2D eigenvalue weighted by atomic mass is 10.0. The fraction of sp³-hybridized carbons (Fsp3) is 0.120. The summed E-state index contributed by atoms with van der Waals surface area (Å²) in [7, 11) is 0. The lowest BCUT2D eigenvalue weighted by Crippen LogP contribution is -2.33. The second-order valence-corrected chi connectivity index (χ2v) is 8.25. The number of urea groups is 1. The first-order chi connectivity index (χ1) is 16.0. The third kappa shape index (κ3) is 4.10. The highest BCUT2D eigenvalue weighted by Crippen LogP contribution is 2.30. The average molecular weight is 457 g/mol. The van der Waals surface area contributed by atoms with Crippen LogP contribution in [0, 0.1) is 13.8 Å². The predicted octanol–water partition coefficient (Wildman–Crippen LogP) is 5.21. The monoisotopic (exact) mass is 456 g/mol. The molecule has 2 heterocycles. The number of hydrogen-bond acceptors (Lipinski definition) is 4. The number of halogens is 1. The van der Waals surface area contributed by atoms with Crippen molar-refractivity contribution in [2.24, 2.45) is 4.99 Å². The molecule has 2 N–H and O–H groups in total. The number of rotatable bonds is 3. The molecule has 1 atom stereocenters. The van der Waals surface area contributed by atoms with Gasteiger partial charge in [0.05, 0.1) is 11.4 Å². The Bertz CT molecular complexity index is 1380. The number of hydrogen-bond donors (Lipinski definition) is 2. The SMILES string of the molecule is Cc1cccc(NC(=O)NC2N=C(c3ccc(Cl)cc3)c3ccccc3-n3c(C)nnc32)c1. The van der Waals surface area contributed by atoms with E-state index in [1.165, 1.54) is 0 Å². The average Bonchev–Trinajstić information content (AvgIpc) is 3.12. The molecule has 164 valence electrons. The summed E-state index contributed by atoms with van der Waals surface area (Å²) in [5.74, 6) is 1.24. The summed E-state index contributed by atoms with van der Waals surface area (Å²) in [6.07, 6.45) is -0.755. The molecular formula is C25H21ClN6O. The van der Waals surface area contributed by atoms with Gasteiger partial charge in [-0.15, -0.1) is 10.2 Å². The minimum absolute atomic E-state index is 0.386. The van der Waals surface area contributed by atoms with Gasteiger partial charge < -0.3 is 10.6 Å². The third-order valence-electron chi connectivity index (χ3n) is 5.41. The number of benzene rings is 3. The van der Waals surface area contributed by atoms with Crippen LogP contribution in [0.3, 0.4) is 0 Å². The van der Waals surface area contributed by atoms with Crippen molar-refractivity contribution in [3.63, 3.8) is 0 Å². The molecule has 5 rings (SSSR count). The predicted molar refractivity (Wildman–Crippen MR) is 129 cm³/mol. The van der Waals surface area contributed by atoms with Crippen molar-refractivity contribution in [3.05, 3.63) is 106 Å². The Kier molecular flexibility index (Phi) is 5.40. The molecule has 0 saturated carbocycles. The van der Waals surface area contributed by atoms with Crippen LogP contribution in [0.4, 0.5) is 10.5 Å². The Labute approximate surface area is 196 Å². The Hall–Kier alpha value is -3.97. The van der Waals surface area contributed by atoms with Crippen LogP contribution in [0.1, 0.15) is 34.5 Å². The maximum Gasteiger partial charge on any atom is 0.321 e. The molecule has 8 heteroatoms. The lowest BCUT2D eigenvalue weighted by molar-refractivity contribution is 0.248. The van der Waals surface area contributed by atoms with Crippen LogP contribution in [-0.2, 0) is 0 Å². The summed E-state index contributed by atoms with van der Waals surface area (Å²) < 4.78 is 1.93. The summed E-state index contributed by atoms with van der Waals surface area (Å²) in [6.45, 7) is 3.85. The highest BCUT2D eigenvalue weighted by Gasteiger charge is 2.29. The van der Waals surface area contributed by atoms with Gasteiger partial charge in [0.15, 0.2) is 12.0 Å². The maximum absolute atomic E-state index is 12.9. The lowest BCUT2D eigenvalue weighted by Gasteiger charge is -2.15. The van der Waals surface area contributed by atoms with Crippen LogP contribution in [0.5, 0.6) is 0 Å². The molecular weight excluding hydrogens is 436 g/mol. The molecule has 33 heavy (non-hydrogen) atoms. The van der Waals surface area contributed by atoms with E-state index in [1.807, 2.05) is 91.2 Å². The number of carbonyl (C=O) groups excluding carboxylic acids is 1. The van der Waals surface area contributed by atoms with E-state index in [1.54, 1.807) is 0 Å². The normalized spacial score (nSPS) is 14.5.